The van der Waals surface area contributed by atoms with Gasteiger partial charge in [-0.25, -0.2) is 4.79 Å². The first kappa shape index (κ1) is 21.8. The molecular weight excluding hydrogens is 358 g/mol. The smallest absolute Gasteiger partial charge is 0.340 e. The number of phenolic OH excluding ortho intramolecular Hbond substituents is 1. The monoisotopic (exact) mass is 389 g/mol. The summed E-state index contributed by atoms with van der Waals surface area (Å²) in [5, 5.41) is 20.8. The van der Waals surface area contributed by atoms with E-state index in [-0.39, 0.29) is 17.9 Å². The summed E-state index contributed by atoms with van der Waals surface area (Å²) in [4.78, 5) is 24.7. The van der Waals surface area contributed by atoms with E-state index in [1.807, 2.05) is 11.5 Å². The molecule has 2 N–H and O–H groups in total. The lowest BCUT2D eigenvalue weighted by Crippen LogP contribution is -2.29. The Kier molecular flexibility index (Phi) is 6.42. The Hall–Kier alpha value is -2.50. The van der Waals surface area contributed by atoms with Gasteiger partial charge in [0.25, 0.3) is 0 Å². The summed E-state index contributed by atoms with van der Waals surface area (Å²) in [5.74, 6) is -1.14. The third kappa shape index (κ3) is 3.86. The van der Waals surface area contributed by atoms with Crippen LogP contribution in [0.15, 0.2) is 12.1 Å². The summed E-state index contributed by atoms with van der Waals surface area (Å²) in [6, 6.07) is 3.26. The zero-order chi connectivity index (χ0) is 21.2. The van der Waals surface area contributed by atoms with Gasteiger partial charge in [0.15, 0.2) is 0 Å². The molecule has 1 heterocycles. The quantitative estimate of drug-likeness (QED) is 0.643. The molecule has 0 bridgehead atoms. The van der Waals surface area contributed by atoms with Crippen LogP contribution in [0.2, 0.25) is 0 Å². The largest absolute Gasteiger partial charge is 0.508 e. The van der Waals surface area contributed by atoms with Crippen molar-refractivity contribution in [1.82, 2.24) is 4.57 Å². The number of hydrogen-bond donors (Lipinski definition) is 2. The second-order valence-corrected chi connectivity index (χ2v) is 8.15. The summed E-state index contributed by atoms with van der Waals surface area (Å²) >= 11 is 0. The summed E-state index contributed by atoms with van der Waals surface area (Å²) in [5.41, 5.74) is 0.672. The molecular formula is C22H31NO5. The molecule has 0 atom stereocenters. The van der Waals surface area contributed by atoms with Gasteiger partial charge in [0.2, 0.25) is 0 Å². The van der Waals surface area contributed by atoms with Gasteiger partial charge in [-0.05, 0) is 58.6 Å². The Bertz CT molecular complexity index is 892. The number of carbonyl (C=O) groups excluding carboxylic acids is 1. The number of carboxylic acids is 1. The molecule has 2 aromatic rings. The van der Waals surface area contributed by atoms with Crippen LogP contribution in [0.4, 0.5) is 0 Å². The Balaban J connectivity index is 2.82. The average molecular weight is 389 g/mol. The maximum atomic E-state index is 12.8. The highest BCUT2D eigenvalue weighted by Crippen LogP contribution is 2.41. The molecule has 0 fully saturated rings. The fourth-order valence-electron chi connectivity index (χ4n) is 3.69. The highest BCUT2D eigenvalue weighted by atomic mass is 16.5. The van der Waals surface area contributed by atoms with Crippen LogP contribution in [0.25, 0.3) is 10.9 Å². The lowest BCUT2D eigenvalue weighted by Gasteiger charge is -2.22. The Morgan fingerprint density at radius 2 is 1.89 bits per heavy atom. The van der Waals surface area contributed by atoms with E-state index >= 15 is 0 Å². The molecule has 0 aliphatic carbocycles. The Morgan fingerprint density at radius 3 is 2.43 bits per heavy atom. The molecule has 1 aromatic carbocycles. The van der Waals surface area contributed by atoms with Crippen LogP contribution in [0, 0.1) is 12.8 Å². The maximum absolute atomic E-state index is 12.8. The summed E-state index contributed by atoms with van der Waals surface area (Å²) < 4.78 is 7.29. The van der Waals surface area contributed by atoms with Crippen molar-refractivity contribution in [2.24, 2.45) is 5.92 Å². The zero-order valence-electron chi connectivity index (χ0n) is 17.6. The number of aliphatic carboxylic acids is 1. The van der Waals surface area contributed by atoms with Gasteiger partial charge in [0.05, 0.1) is 17.6 Å². The van der Waals surface area contributed by atoms with Crippen LogP contribution in [-0.4, -0.2) is 33.3 Å². The Labute approximate surface area is 166 Å². The first-order chi connectivity index (χ1) is 13.0. The van der Waals surface area contributed by atoms with Crippen LogP contribution in [0.3, 0.4) is 0 Å². The molecule has 0 saturated carbocycles. The van der Waals surface area contributed by atoms with Gasteiger partial charge >= 0.3 is 11.9 Å². The topological polar surface area (TPSA) is 88.8 Å². The van der Waals surface area contributed by atoms with Gasteiger partial charge in [-0.1, -0.05) is 13.8 Å². The van der Waals surface area contributed by atoms with Gasteiger partial charge in [-0.15, -0.1) is 0 Å². The summed E-state index contributed by atoms with van der Waals surface area (Å²) in [6.45, 7) is 11.9. The second kappa shape index (κ2) is 8.25. The second-order valence-electron chi connectivity index (χ2n) is 8.15. The van der Waals surface area contributed by atoms with Gasteiger partial charge in [0.1, 0.15) is 5.75 Å². The van der Waals surface area contributed by atoms with Crippen molar-refractivity contribution in [1.29, 1.82) is 0 Å². The van der Waals surface area contributed by atoms with Crippen molar-refractivity contribution >= 4 is 22.8 Å². The van der Waals surface area contributed by atoms with Crippen molar-refractivity contribution in [3.63, 3.8) is 0 Å². The number of ether oxygens (including phenoxy) is 1. The van der Waals surface area contributed by atoms with Gasteiger partial charge in [-0.2, -0.15) is 0 Å². The molecule has 154 valence electrons. The number of aromatic nitrogens is 1. The van der Waals surface area contributed by atoms with Crippen molar-refractivity contribution in [3.8, 4) is 5.75 Å². The van der Waals surface area contributed by atoms with Crippen LogP contribution in [0.1, 0.15) is 69.1 Å². The third-order valence-electron chi connectivity index (χ3n) is 5.27. The predicted molar refractivity (Wildman–Crippen MR) is 109 cm³/mol. The number of aryl methyl sites for hydroxylation is 1. The SMILES string of the molecule is CCOC(=O)c1c(C)n(CCCC(C)C)c2ccc(O)c(C(C)(C)C(=O)O)c12. The van der Waals surface area contributed by atoms with Gasteiger partial charge in [-0.3, -0.25) is 4.79 Å². The van der Waals surface area contributed by atoms with E-state index in [4.69, 9.17) is 4.74 Å². The predicted octanol–water partition coefficient (Wildman–Crippen LogP) is 4.63. The normalized spacial score (nSPS) is 12.0. The zero-order valence-corrected chi connectivity index (χ0v) is 17.6. The fraction of sp³-hybridized carbons (Fsp3) is 0.545. The fourth-order valence-corrected chi connectivity index (χ4v) is 3.69. The molecule has 6 heteroatoms. The third-order valence-corrected chi connectivity index (χ3v) is 5.27. The lowest BCUT2D eigenvalue weighted by molar-refractivity contribution is -0.142. The number of carboxylic acid groups (broad SMARTS) is 1. The number of aromatic hydroxyl groups is 1. The first-order valence-electron chi connectivity index (χ1n) is 9.79. The molecule has 28 heavy (non-hydrogen) atoms. The van der Waals surface area contributed by atoms with E-state index < -0.39 is 17.4 Å². The first-order valence-corrected chi connectivity index (χ1v) is 9.79. The number of phenols is 1. The van der Waals surface area contributed by atoms with E-state index in [1.54, 1.807) is 13.0 Å². The van der Waals surface area contributed by atoms with Crippen molar-refractivity contribution in [2.75, 3.05) is 6.61 Å². The van der Waals surface area contributed by atoms with E-state index in [1.165, 1.54) is 19.9 Å². The van der Waals surface area contributed by atoms with Crippen molar-refractivity contribution in [3.05, 3.63) is 29.0 Å². The Morgan fingerprint density at radius 1 is 1.25 bits per heavy atom. The van der Waals surface area contributed by atoms with Crippen molar-refractivity contribution in [2.45, 2.75) is 66.3 Å². The van der Waals surface area contributed by atoms with E-state index in [9.17, 15) is 19.8 Å². The molecule has 0 aliphatic rings. The average Bonchev–Trinajstić information content (AvgIpc) is 2.86. The number of esters is 1. The van der Waals surface area contributed by atoms with Crippen LogP contribution < -0.4 is 0 Å². The summed E-state index contributed by atoms with van der Waals surface area (Å²) in [6.07, 6.45) is 1.97. The van der Waals surface area contributed by atoms with Gasteiger partial charge in [0, 0.05) is 28.7 Å². The molecule has 0 spiro atoms. The number of benzene rings is 1. The maximum Gasteiger partial charge on any atom is 0.340 e. The molecule has 0 saturated heterocycles. The highest BCUT2D eigenvalue weighted by Gasteiger charge is 2.37. The molecule has 0 unspecified atom stereocenters. The number of fused-ring (bicyclic) bond motifs is 1. The minimum atomic E-state index is -1.37. The van der Waals surface area contributed by atoms with E-state index in [0.29, 0.717) is 23.4 Å². The molecule has 1 aromatic heterocycles. The number of carbonyl (C=O) groups is 2. The summed E-state index contributed by atoms with van der Waals surface area (Å²) in [7, 11) is 0. The van der Waals surface area contributed by atoms with Crippen molar-refractivity contribution < 1.29 is 24.5 Å². The van der Waals surface area contributed by atoms with Crippen LogP contribution in [0.5, 0.6) is 5.75 Å². The number of nitrogens with zero attached hydrogens (tertiary/aromatic N) is 1. The highest BCUT2D eigenvalue weighted by molar-refractivity contribution is 6.09. The number of hydrogen-bond acceptors (Lipinski definition) is 4. The molecule has 0 radical (unpaired) electrons. The number of rotatable bonds is 8. The van der Waals surface area contributed by atoms with E-state index in [0.717, 1.165) is 24.1 Å². The molecule has 2 rings (SSSR count). The van der Waals surface area contributed by atoms with Crippen LogP contribution in [-0.2, 0) is 21.5 Å². The van der Waals surface area contributed by atoms with Gasteiger partial charge < -0.3 is 19.5 Å². The van der Waals surface area contributed by atoms with E-state index in [2.05, 4.69) is 13.8 Å². The van der Waals surface area contributed by atoms with Crippen LogP contribution >= 0.6 is 0 Å². The lowest BCUT2D eigenvalue weighted by atomic mass is 9.81. The molecule has 6 nitrogen and oxygen atoms in total. The minimum Gasteiger partial charge on any atom is -0.508 e. The standard InChI is InChI=1S/C22H31NO5/c1-7-28-20(25)17-14(4)23(12-8-9-13(2)3)15-10-11-16(24)19(18(15)17)22(5,6)21(26)27/h10-11,13,24H,7-9,12H2,1-6H3,(H,26,27). The minimum absolute atomic E-state index is 0.134. The molecule has 0 amide bonds. The molecule has 0 aliphatic heterocycles.